The monoisotopic (exact) mass is 226 g/mol. The van der Waals surface area contributed by atoms with Crippen LogP contribution in [0.25, 0.3) is 0 Å². The molecule has 0 bridgehead atoms. The molecule has 1 atom stereocenters. The molecule has 80 valence electrons. The molecule has 0 aliphatic carbocycles. The predicted octanol–water partition coefficient (Wildman–Crippen LogP) is 0.755. The number of aromatic nitrogens is 6. The first-order valence-corrected chi connectivity index (χ1v) is 4.98. The molecule has 6 nitrogen and oxygen atoms in total. The molecule has 2 rings (SSSR count). The van der Waals surface area contributed by atoms with Gasteiger partial charge in [0, 0.05) is 7.05 Å². The fraction of sp³-hybridized carbons (Fsp3) is 0.500. The minimum absolute atomic E-state index is 0.124. The van der Waals surface area contributed by atoms with Gasteiger partial charge in [-0.05, 0) is 6.92 Å². The van der Waals surface area contributed by atoms with Crippen molar-refractivity contribution in [1.29, 1.82) is 0 Å². The van der Waals surface area contributed by atoms with Gasteiger partial charge in [0.05, 0.1) is 24.3 Å². The summed E-state index contributed by atoms with van der Waals surface area (Å²) in [6.07, 6.45) is 3.51. The molecule has 0 saturated carbocycles. The van der Waals surface area contributed by atoms with Crippen LogP contribution in [-0.2, 0) is 13.6 Å². The second-order valence-electron chi connectivity index (χ2n) is 3.28. The molecule has 7 heteroatoms. The van der Waals surface area contributed by atoms with Gasteiger partial charge in [-0.1, -0.05) is 5.21 Å². The van der Waals surface area contributed by atoms with E-state index in [1.54, 1.807) is 17.9 Å². The van der Waals surface area contributed by atoms with Crippen LogP contribution in [0.5, 0.6) is 0 Å². The van der Waals surface area contributed by atoms with Crippen LogP contribution in [0.4, 0.5) is 0 Å². The Kier molecular flexibility index (Phi) is 2.68. The summed E-state index contributed by atoms with van der Waals surface area (Å²) in [5.41, 5.74) is 1.61. The fourth-order valence-corrected chi connectivity index (χ4v) is 1.30. The third kappa shape index (κ3) is 2.33. The SMILES string of the molecule is CC(Cl)c1cn(Cc2cnn(C)n2)nn1. The molecule has 1 unspecified atom stereocenters. The zero-order valence-corrected chi connectivity index (χ0v) is 9.26. The van der Waals surface area contributed by atoms with E-state index in [4.69, 9.17) is 11.6 Å². The minimum atomic E-state index is -0.124. The lowest BCUT2D eigenvalue weighted by Crippen LogP contribution is -2.02. The number of halogens is 1. The maximum atomic E-state index is 5.88. The maximum Gasteiger partial charge on any atom is 0.104 e. The van der Waals surface area contributed by atoms with Crippen LogP contribution in [0.1, 0.15) is 23.7 Å². The molecular weight excluding hydrogens is 216 g/mol. The van der Waals surface area contributed by atoms with E-state index in [-0.39, 0.29) is 5.38 Å². The normalized spacial score (nSPS) is 13.0. The summed E-state index contributed by atoms with van der Waals surface area (Å²) in [4.78, 5) is 1.51. The van der Waals surface area contributed by atoms with Crippen LogP contribution in [0.15, 0.2) is 12.4 Å². The highest BCUT2D eigenvalue weighted by Crippen LogP contribution is 2.15. The Morgan fingerprint density at radius 1 is 1.53 bits per heavy atom. The zero-order valence-electron chi connectivity index (χ0n) is 8.50. The standard InChI is InChI=1S/C8H11ClN6/c1-6(9)8-5-15(13-11-8)4-7-3-10-14(2)12-7/h3,5-6H,4H2,1-2H3. The number of rotatable bonds is 3. The third-order valence-corrected chi connectivity index (χ3v) is 2.16. The molecule has 0 saturated heterocycles. The van der Waals surface area contributed by atoms with Gasteiger partial charge in [0.15, 0.2) is 0 Å². The lowest BCUT2D eigenvalue weighted by molar-refractivity contribution is 0.607. The van der Waals surface area contributed by atoms with E-state index in [2.05, 4.69) is 20.5 Å². The molecule has 15 heavy (non-hydrogen) atoms. The first-order valence-electron chi connectivity index (χ1n) is 4.54. The smallest absolute Gasteiger partial charge is 0.104 e. The summed E-state index contributed by atoms with van der Waals surface area (Å²) in [7, 11) is 1.77. The van der Waals surface area contributed by atoms with Gasteiger partial charge in [-0.15, -0.1) is 16.7 Å². The lowest BCUT2D eigenvalue weighted by Gasteiger charge is -1.95. The summed E-state index contributed by atoms with van der Waals surface area (Å²) in [6, 6.07) is 0. The summed E-state index contributed by atoms with van der Waals surface area (Å²) in [5.74, 6) is 0. The minimum Gasteiger partial charge on any atom is -0.246 e. The summed E-state index contributed by atoms with van der Waals surface area (Å²) >= 11 is 5.88. The Morgan fingerprint density at radius 2 is 2.33 bits per heavy atom. The highest BCUT2D eigenvalue weighted by Gasteiger charge is 2.07. The Hall–Kier alpha value is -1.43. The molecular formula is C8H11ClN6. The quantitative estimate of drug-likeness (QED) is 0.725. The van der Waals surface area contributed by atoms with Crippen molar-refractivity contribution < 1.29 is 0 Å². The molecule has 2 aromatic rings. The number of alkyl halides is 1. The van der Waals surface area contributed by atoms with Crippen LogP contribution in [-0.4, -0.2) is 30.0 Å². The first-order chi connectivity index (χ1) is 7.15. The molecule has 0 aliphatic rings. The molecule has 0 radical (unpaired) electrons. The Balaban J connectivity index is 2.11. The zero-order chi connectivity index (χ0) is 10.8. The number of hydrogen-bond acceptors (Lipinski definition) is 4. The van der Waals surface area contributed by atoms with Crippen LogP contribution < -0.4 is 0 Å². The Bertz CT molecular complexity index is 445. The van der Waals surface area contributed by atoms with Crippen molar-refractivity contribution in [3.8, 4) is 0 Å². The third-order valence-electron chi connectivity index (χ3n) is 1.93. The van der Waals surface area contributed by atoms with E-state index in [0.717, 1.165) is 11.4 Å². The summed E-state index contributed by atoms with van der Waals surface area (Å²) in [5, 5.41) is 15.9. The van der Waals surface area contributed by atoms with E-state index in [9.17, 15) is 0 Å². The topological polar surface area (TPSA) is 61.4 Å². The number of hydrogen-bond donors (Lipinski definition) is 0. The first kappa shape index (κ1) is 10.1. The van der Waals surface area contributed by atoms with Crippen molar-refractivity contribution in [3.63, 3.8) is 0 Å². The van der Waals surface area contributed by atoms with Crippen molar-refractivity contribution >= 4 is 11.6 Å². The Labute approximate surface area is 91.8 Å². The molecule has 0 amide bonds. The summed E-state index contributed by atoms with van der Waals surface area (Å²) in [6.45, 7) is 2.42. The number of aryl methyl sites for hydroxylation is 1. The van der Waals surface area contributed by atoms with Crippen LogP contribution >= 0.6 is 11.6 Å². The molecule has 2 heterocycles. The van der Waals surface area contributed by atoms with Crippen LogP contribution in [0.3, 0.4) is 0 Å². The van der Waals surface area contributed by atoms with E-state index in [1.165, 1.54) is 4.80 Å². The van der Waals surface area contributed by atoms with Crippen LogP contribution in [0, 0.1) is 0 Å². The van der Waals surface area contributed by atoms with Crippen molar-refractivity contribution in [1.82, 2.24) is 30.0 Å². The van der Waals surface area contributed by atoms with Crippen molar-refractivity contribution in [2.75, 3.05) is 0 Å². The highest BCUT2D eigenvalue weighted by molar-refractivity contribution is 6.20. The van der Waals surface area contributed by atoms with Crippen molar-refractivity contribution in [2.24, 2.45) is 7.05 Å². The summed E-state index contributed by atoms with van der Waals surface area (Å²) < 4.78 is 1.69. The highest BCUT2D eigenvalue weighted by atomic mass is 35.5. The second kappa shape index (κ2) is 3.98. The van der Waals surface area contributed by atoms with Gasteiger partial charge in [0.2, 0.25) is 0 Å². The largest absolute Gasteiger partial charge is 0.246 e. The fourth-order valence-electron chi connectivity index (χ4n) is 1.20. The van der Waals surface area contributed by atoms with Crippen molar-refractivity contribution in [3.05, 3.63) is 23.8 Å². The average Bonchev–Trinajstić information content (AvgIpc) is 2.76. The molecule has 0 aliphatic heterocycles. The molecule has 0 N–H and O–H groups in total. The second-order valence-corrected chi connectivity index (χ2v) is 3.94. The molecule has 0 fully saturated rings. The van der Waals surface area contributed by atoms with E-state index < -0.39 is 0 Å². The van der Waals surface area contributed by atoms with Crippen LogP contribution in [0.2, 0.25) is 0 Å². The van der Waals surface area contributed by atoms with Gasteiger partial charge < -0.3 is 0 Å². The van der Waals surface area contributed by atoms with Gasteiger partial charge in [0.25, 0.3) is 0 Å². The van der Waals surface area contributed by atoms with Gasteiger partial charge >= 0.3 is 0 Å². The van der Waals surface area contributed by atoms with Gasteiger partial charge in [0.1, 0.15) is 11.4 Å². The molecule has 0 spiro atoms. The van der Waals surface area contributed by atoms with E-state index in [0.29, 0.717) is 6.54 Å². The van der Waals surface area contributed by atoms with Gasteiger partial charge in [-0.2, -0.15) is 15.0 Å². The van der Waals surface area contributed by atoms with Gasteiger partial charge in [-0.25, -0.2) is 4.68 Å². The van der Waals surface area contributed by atoms with E-state index in [1.807, 2.05) is 13.1 Å². The lowest BCUT2D eigenvalue weighted by atomic mass is 10.4. The average molecular weight is 227 g/mol. The van der Waals surface area contributed by atoms with E-state index >= 15 is 0 Å². The van der Waals surface area contributed by atoms with Gasteiger partial charge in [-0.3, -0.25) is 0 Å². The Morgan fingerprint density at radius 3 is 2.87 bits per heavy atom. The predicted molar refractivity (Wildman–Crippen MR) is 54.4 cm³/mol. The van der Waals surface area contributed by atoms with Crippen molar-refractivity contribution in [2.45, 2.75) is 18.8 Å². The maximum absolute atomic E-state index is 5.88. The molecule has 0 aromatic carbocycles. The number of nitrogens with zero attached hydrogens (tertiary/aromatic N) is 6. The molecule has 2 aromatic heterocycles.